The van der Waals surface area contributed by atoms with E-state index in [-0.39, 0.29) is 5.75 Å². The fourth-order valence-electron chi connectivity index (χ4n) is 2.38. The SMILES string of the molecule is CC1(C)CCC(NCc2ccc(O)cn2)C1. The normalized spacial score (nSPS) is 23.5. The van der Waals surface area contributed by atoms with Gasteiger partial charge in [-0.2, -0.15) is 0 Å². The maximum Gasteiger partial charge on any atom is 0.133 e. The summed E-state index contributed by atoms with van der Waals surface area (Å²) >= 11 is 0. The average molecular weight is 220 g/mol. The van der Waals surface area contributed by atoms with Crippen LogP contribution in [-0.2, 0) is 6.54 Å². The largest absolute Gasteiger partial charge is 0.506 e. The molecule has 0 radical (unpaired) electrons. The van der Waals surface area contributed by atoms with Crippen LogP contribution >= 0.6 is 0 Å². The molecule has 1 fully saturated rings. The lowest BCUT2D eigenvalue weighted by Crippen LogP contribution is -2.27. The van der Waals surface area contributed by atoms with Crippen molar-refractivity contribution in [1.29, 1.82) is 0 Å². The van der Waals surface area contributed by atoms with E-state index in [0.717, 1.165) is 12.2 Å². The van der Waals surface area contributed by atoms with Crippen molar-refractivity contribution >= 4 is 0 Å². The van der Waals surface area contributed by atoms with Crippen LogP contribution in [0.15, 0.2) is 18.3 Å². The molecule has 1 aromatic heterocycles. The van der Waals surface area contributed by atoms with Crippen molar-refractivity contribution < 1.29 is 5.11 Å². The van der Waals surface area contributed by atoms with Gasteiger partial charge in [-0.3, -0.25) is 4.98 Å². The first kappa shape index (κ1) is 11.4. The second-order valence-electron chi connectivity index (χ2n) is 5.49. The molecule has 88 valence electrons. The molecule has 1 aliphatic carbocycles. The zero-order valence-corrected chi connectivity index (χ0v) is 10.0. The standard InChI is InChI=1S/C13H20N2O/c1-13(2)6-5-10(7-13)14-8-11-3-4-12(16)9-15-11/h3-4,9-10,14,16H,5-8H2,1-2H3. The van der Waals surface area contributed by atoms with Crippen LogP contribution < -0.4 is 5.32 Å². The molecule has 2 rings (SSSR count). The molecule has 0 saturated heterocycles. The predicted octanol–water partition coefficient (Wildman–Crippen LogP) is 2.46. The van der Waals surface area contributed by atoms with Crippen LogP contribution in [0.2, 0.25) is 0 Å². The molecule has 1 atom stereocenters. The molecule has 1 aromatic rings. The molecule has 1 unspecified atom stereocenters. The van der Waals surface area contributed by atoms with Crippen molar-refractivity contribution in [2.75, 3.05) is 0 Å². The Bertz CT molecular complexity index is 345. The summed E-state index contributed by atoms with van der Waals surface area (Å²) in [7, 11) is 0. The Balaban J connectivity index is 1.82. The molecule has 3 nitrogen and oxygen atoms in total. The number of nitrogens with zero attached hydrogens (tertiary/aromatic N) is 1. The van der Waals surface area contributed by atoms with Gasteiger partial charge < -0.3 is 10.4 Å². The summed E-state index contributed by atoms with van der Waals surface area (Å²) in [4.78, 5) is 4.16. The molecule has 0 aliphatic heterocycles. The van der Waals surface area contributed by atoms with Gasteiger partial charge in [-0.05, 0) is 36.8 Å². The highest BCUT2D eigenvalue weighted by atomic mass is 16.3. The maximum absolute atomic E-state index is 9.12. The first-order valence-electron chi connectivity index (χ1n) is 5.92. The molecule has 0 aromatic carbocycles. The van der Waals surface area contributed by atoms with Crippen molar-refractivity contribution in [3.8, 4) is 5.75 Å². The van der Waals surface area contributed by atoms with Crippen molar-refractivity contribution in [2.45, 2.75) is 45.7 Å². The average Bonchev–Trinajstić information content (AvgIpc) is 2.58. The van der Waals surface area contributed by atoms with Crippen LogP contribution in [0.1, 0.15) is 38.8 Å². The van der Waals surface area contributed by atoms with E-state index in [2.05, 4.69) is 24.1 Å². The van der Waals surface area contributed by atoms with E-state index in [1.807, 2.05) is 6.07 Å². The van der Waals surface area contributed by atoms with E-state index in [4.69, 9.17) is 5.11 Å². The molecule has 3 heteroatoms. The Labute approximate surface area is 96.9 Å². The summed E-state index contributed by atoms with van der Waals surface area (Å²) in [5.41, 5.74) is 1.47. The van der Waals surface area contributed by atoms with Gasteiger partial charge in [-0.25, -0.2) is 0 Å². The quantitative estimate of drug-likeness (QED) is 0.822. The lowest BCUT2D eigenvalue weighted by Gasteiger charge is -2.17. The minimum Gasteiger partial charge on any atom is -0.506 e. The number of hydrogen-bond donors (Lipinski definition) is 2. The van der Waals surface area contributed by atoms with E-state index in [1.54, 1.807) is 6.07 Å². The van der Waals surface area contributed by atoms with E-state index >= 15 is 0 Å². The second-order valence-corrected chi connectivity index (χ2v) is 5.49. The zero-order valence-electron chi connectivity index (χ0n) is 10.0. The molecule has 1 saturated carbocycles. The van der Waals surface area contributed by atoms with Crippen LogP contribution in [0, 0.1) is 5.41 Å². The number of rotatable bonds is 3. The zero-order chi connectivity index (χ0) is 11.6. The molecular weight excluding hydrogens is 200 g/mol. The predicted molar refractivity (Wildman–Crippen MR) is 64.2 cm³/mol. The van der Waals surface area contributed by atoms with Crippen molar-refractivity contribution in [1.82, 2.24) is 10.3 Å². The smallest absolute Gasteiger partial charge is 0.133 e. The van der Waals surface area contributed by atoms with Gasteiger partial charge in [0.25, 0.3) is 0 Å². The van der Waals surface area contributed by atoms with Crippen LogP contribution in [0.3, 0.4) is 0 Å². The maximum atomic E-state index is 9.12. The van der Waals surface area contributed by atoms with Crippen LogP contribution in [0.4, 0.5) is 0 Å². The Hall–Kier alpha value is -1.09. The summed E-state index contributed by atoms with van der Waals surface area (Å²) in [6.07, 6.45) is 5.29. The van der Waals surface area contributed by atoms with Crippen LogP contribution in [0.5, 0.6) is 5.75 Å². The minimum atomic E-state index is 0.228. The highest BCUT2D eigenvalue weighted by Crippen LogP contribution is 2.36. The van der Waals surface area contributed by atoms with Crippen molar-refractivity contribution in [3.05, 3.63) is 24.0 Å². The highest BCUT2D eigenvalue weighted by Gasteiger charge is 2.30. The Kier molecular flexibility index (Phi) is 3.15. The molecular formula is C13H20N2O. The van der Waals surface area contributed by atoms with Gasteiger partial charge in [0, 0.05) is 12.6 Å². The number of pyridine rings is 1. The molecule has 0 amide bonds. The fraction of sp³-hybridized carbons (Fsp3) is 0.615. The Morgan fingerprint density at radius 1 is 1.50 bits per heavy atom. The van der Waals surface area contributed by atoms with Crippen molar-refractivity contribution in [2.24, 2.45) is 5.41 Å². The number of hydrogen-bond acceptors (Lipinski definition) is 3. The molecule has 1 aliphatic rings. The van der Waals surface area contributed by atoms with E-state index in [1.165, 1.54) is 25.5 Å². The first-order valence-corrected chi connectivity index (χ1v) is 5.92. The number of aromatic hydroxyl groups is 1. The van der Waals surface area contributed by atoms with Gasteiger partial charge in [0.05, 0.1) is 11.9 Å². The number of nitrogens with one attached hydrogen (secondary N) is 1. The highest BCUT2D eigenvalue weighted by molar-refractivity contribution is 5.17. The molecule has 2 N–H and O–H groups in total. The van der Waals surface area contributed by atoms with E-state index in [0.29, 0.717) is 11.5 Å². The lowest BCUT2D eigenvalue weighted by molar-refractivity contribution is 0.364. The molecule has 16 heavy (non-hydrogen) atoms. The van der Waals surface area contributed by atoms with Gasteiger partial charge >= 0.3 is 0 Å². The lowest BCUT2D eigenvalue weighted by atomic mass is 9.92. The summed E-state index contributed by atoms with van der Waals surface area (Å²) in [5.74, 6) is 0.228. The van der Waals surface area contributed by atoms with Gasteiger partial charge in [0.1, 0.15) is 5.75 Å². The Morgan fingerprint density at radius 2 is 2.31 bits per heavy atom. The van der Waals surface area contributed by atoms with Gasteiger partial charge in [0.2, 0.25) is 0 Å². The Morgan fingerprint density at radius 3 is 2.88 bits per heavy atom. The monoisotopic (exact) mass is 220 g/mol. The third-order valence-corrected chi connectivity index (χ3v) is 3.35. The van der Waals surface area contributed by atoms with Gasteiger partial charge in [-0.15, -0.1) is 0 Å². The van der Waals surface area contributed by atoms with Crippen LogP contribution in [0.25, 0.3) is 0 Å². The third kappa shape index (κ3) is 2.95. The summed E-state index contributed by atoms with van der Waals surface area (Å²) in [6, 6.07) is 4.16. The molecule has 1 heterocycles. The minimum absolute atomic E-state index is 0.228. The van der Waals surface area contributed by atoms with Crippen molar-refractivity contribution in [3.63, 3.8) is 0 Å². The summed E-state index contributed by atoms with van der Waals surface area (Å²) < 4.78 is 0. The molecule has 0 bridgehead atoms. The number of aromatic nitrogens is 1. The van der Waals surface area contributed by atoms with Gasteiger partial charge in [0.15, 0.2) is 0 Å². The first-order chi connectivity index (χ1) is 7.55. The second kappa shape index (κ2) is 4.42. The van der Waals surface area contributed by atoms with Gasteiger partial charge in [-0.1, -0.05) is 13.8 Å². The fourth-order valence-corrected chi connectivity index (χ4v) is 2.38. The summed E-state index contributed by atoms with van der Waals surface area (Å²) in [6.45, 7) is 5.45. The topological polar surface area (TPSA) is 45.1 Å². The van der Waals surface area contributed by atoms with Crippen LogP contribution in [-0.4, -0.2) is 16.1 Å². The van der Waals surface area contributed by atoms with E-state index < -0.39 is 0 Å². The molecule has 0 spiro atoms. The summed E-state index contributed by atoms with van der Waals surface area (Å²) in [5, 5.41) is 12.7. The van der Waals surface area contributed by atoms with E-state index in [9.17, 15) is 0 Å². The third-order valence-electron chi connectivity index (χ3n) is 3.35.